The van der Waals surface area contributed by atoms with Crippen molar-refractivity contribution in [2.45, 2.75) is 56.9 Å². The molecule has 0 aromatic heterocycles. The summed E-state index contributed by atoms with van der Waals surface area (Å²) in [6.45, 7) is 3.56. The van der Waals surface area contributed by atoms with E-state index < -0.39 is 0 Å². The average molecular weight is 255 g/mol. The van der Waals surface area contributed by atoms with E-state index in [4.69, 9.17) is 0 Å². The third-order valence-electron chi connectivity index (χ3n) is 6.27. The molecule has 1 aliphatic heterocycles. The number of benzene rings is 1. The SMILES string of the molecule is Cc1ccc2c(c1)[C@@]13CCCC[C@@H]1[C@@H](C2)N(C)CC3. The molecule has 1 saturated carbocycles. The highest BCUT2D eigenvalue weighted by atomic mass is 15.1. The molecule has 2 fully saturated rings. The maximum absolute atomic E-state index is 2.65. The zero-order chi connectivity index (χ0) is 13.0. The van der Waals surface area contributed by atoms with E-state index in [1.807, 2.05) is 0 Å². The zero-order valence-electron chi connectivity index (χ0n) is 12.3. The van der Waals surface area contributed by atoms with Crippen molar-refractivity contribution in [3.8, 4) is 0 Å². The lowest BCUT2D eigenvalue weighted by atomic mass is 9.52. The first-order valence-electron chi connectivity index (χ1n) is 8.01. The van der Waals surface area contributed by atoms with Crippen molar-refractivity contribution in [1.29, 1.82) is 0 Å². The van der Waals surface area contributed by atoms with Crippen molar-refractivity contribution >= 4 is 0 Å². The van der Waals surface area contributed by atoms with Crippen molar-refractivity contribution in [2.75, 3.05) is 13.6 Å². The van der Waals surface area contributed by atoms with Gasteiger partial charge in [-0.15, -0.1) is 0 Å². The van der Waals surface area contributed by atoms with Crippen LogP contribution in [0.2, 0.25) is 0 Å². The first-order valence-corrected chi connectivity index (χ1v) is 8.01. The Morgan fingerprint density at radius 3 is 3.00 bits per heavy atom. The Kier molecular flexibility index (Phi) is 2.57. The van der Waals surface area contributed by atoms with Crippen LogP contribution < -0.4 is 0 Å². The molecular formula is C18H25N. The molecule has 0 amide bonds. The fourth-order valence-corrected chi connectivity index (χ4v) is 5.31. The van der Waals surface area contributed by atoms with Gasteiger partial charge in [-0.05, 0) is 63.2 Å². The first kappa shape index (κ1) is 12.0. The Hall–Kier alpha value is -0.820. The highest BCUT2D eigenvalue weighted by molar-refractivity contribution is 5.43. The lowest BCUT2D eigenvalue weighted by molar-refractivity contribution is 0.00283. The minimum atomic E-state index is 0.537. The van der Waals surface area contributed by atoms with E-state index in [-0.39, 0.29) is 0 Å². The van der Waals surface area contributed by atoms with Crippen molar-refractivity contribution < 1.29 is 0 Å². The molecule has 0 unspecified atom stereocenters. The minimum absolute atomic E-state index is 0.537. The van der Waals surface area contributed by atoms with Gasteiger partial charge in [0, 0.05) is 11.5 Å². The van der Waals surface area contributed by atoms with E-state index in [1.165, 1.54) is 50.6 Å². The molecular weight excluding hydrogens is 230 g/mol. The van der Waals surface area contributed by atoms with Gasteiger partial charge in [-0.2, -0.15) is 0 Å². The Morgan fingerprint density at radius 2 is 2.11 bits per heavy atom. The second-order valence-electron chi connectivity index (χ2n) is 7.17. The fourth-order valence-electron chi connectivity index (χ4n) is 5.31. The fraction of sp³-hybridized carbons (Fsp3) is 0.667. The molecule has 4 rings (SSSR count). The Labute approximate surface area is 117 Å². The summed E-state index contributed by atoms with van der Waals surface area (Å²) < 4.78 is 0. The van der Waals surface area contributed by atoms with Gasteiger partial charge in [-0.25, -0.2) is 0 Å². The minimum Gasteiger partial charge on any atom is -0.303 e. The van der Waals surface area contributed by atoms with Gasteiger partial charge in [0.15, 0.2) is 0 Å². The zero-order valence-corrected chi connectivity index (χ0v) is 12.3. The molecule has 2 aliphatic carbocycles. The smallest absolute Gasteiger partial charge is 0.0169 e. The molecule has 1 saturated heterocycles. The van der Waals surface area contributed by atoms with Crippen molar-refractivity contribution in [1.82, 2.24) is 4.90 Å². The molecule has 3 aliphatic rings. The van der Waals surface area contributed by atoms with Gasteiger partial charge in [-0.3, -0.25) is 0 Å². The molecule has 0 radical (unpaired) electrons. The van der Waals surface area contributed by atoms with Crippen LogP contribution in [0.15, 0.2) is 18.2 Å². The maximum Gasteiger partial charge on any atom is 0.0169 e. The predicted octanol–water partition coefficient (Wildman–Crippen LogP) is 3.68. The summed E-state index contributed by atoms with van der Waals surface area (Å²) in [5.41, 5.74) is 5.38. The van der Waals surface area contributed by atoms with Gasteiger partial charge in [0.1, 0.15) is 0 Å². The van der Waals surface area contributed by atoms with Gasteiger partial charge in [0.25, 0.3) is 0 Å². The molecule has 19 heavy (non-hydrogen) atoms. The number of nitrogens with zero attached hydrogens (tertiary/aromatic N) is 1. The van der Waals surface area contributed by atoms with E-state index in [9.17, 15) is 0 Å². The number of hydrogen-bond acceptors (Lipinski definition) is 1. The second kappa shape index (κ2) is 4.09. The number of fused-ring (bicyclic) bond motifs is 1. The Balaban J connectivity index is 1.90. The van der Waals surface area contributed by atoms with E-state index in [0.29, 0.717) is 5.41 Å². The molecule has 1 aromatic rings. The maximum atomic E-state index is 2.65. The number of piperidine rings is 1. The van der Waals surface area contributed by atoms with Crippen LogP contribution >= 0.6 is 0 Å². The molecule has 2 bridgehead atoms. The van der Waals surface area contributed by atoms with Crippen LogP contribution in [0.4, 0.5) is 0 Å². The topological polar surface area (TPSA) is 3.24 Å². The summed E-state index contributed by atoms with van der Waals surface area (Å²) in [7, 11) is 2.35. The van der Waals surface area contributed by atoms with Crippen molar-refractivity contribution in [3.05, 3.63) is 34.9 Å². The third kappa shape index (κ3) is 1.57. The molecule has 0 N–H and O–H groups in total. The lowest BCUT2D eigenvalue weighted by Gasteiger charge is -2.58. The highest BCUT2D eigenvalue weighted by Crippen LogP contribution is 2.55. The first-order chi connectivity index (χ1) is 9.21. The number of aryl methyl sites for hydroxylation is 1. The van der Waals surface area contributed by atoms with Gasteiger partial charge in [-0.1, -0.05) is 36.6 Å². The normalized spacial score (nSPS) is 37.6. The van der Waals surface area contributed by atoms with Crippen LogP contribution in [0, 0.1) is 12.8 Å². The number of rotatable bonds is 0. The van der Waals surface area contributed by atoms with E-state index in [2.05, 4.69) is 37.1 Å². The summed E-state index contributed by atoms with van der Waals surface area (Å²) in [6.07, 6.45) is 8.48. The van der Waals surface area contributed by atoms with Crippen LogP contribution in [-0.4, -0.2) is 24.5 Å². The summed E-state index contributed by atoms with van der Waals surface area (Å²) >= 11 is 0. The molecule has 1 aromatic carbocycles. The van der Waals surface area contributed by atoms with Crippen LogP contribution in [0.1, 0.15) is 48.8 Å². The lowest BCUT2D eigenvalue weighted by Crippen LogP contribution is -2.59. The van der Waals surface area contributed by atoms with Crippen molar-refractivity contribution in [3.63, 3.8) is 0 Å². The van der Waals surface area contributed by atoms with Crippen LogP contribution in [-0.2, 0) is 11.8 Å². The van der Waals surface area contributed by atoms with E-state index >= 15 is 0 Å². The number of likely N-dealkylation sites (N-methyl/N-ethyl adjacent to an activating group) is 1. The van der Waals surface area contributed by atoms with Crippen LogP contribution in [0.5, 0.6) is 0 Å². The molecule has 3 atom stereocenters. The summed E-state index contributed by atoms with van der Waals surface area (Å²) in [4.78, 5) is 2.65. The Bertz CT molecular complexity index is 506. The molecule has 1 nitrogen and oxygen atoms in total. The van der Waals surface area contributed by atoms with Crippen molar-refractivity contribution in [2.24, 2.45) is 5.92 Å². The monoisotopic (exact) mass is 255 g/mol. The van der Waals surface area contributed by atoms with Crippen LogP contribution in [0.3, 0.4) is 0 Å². The quantitative estimate of drug-likeness (QED) is 0.683. The second-order valence-corrected chi connectivity index (χ2v) is 7.17. The van der Waals surface area contributed by atoms with E-state index in [0.717, 1.165) is 12.0 Å². The number of hydrogen-bond donors (Lipinski definition) is 0. The largest absolute Gasteiger partial charge is 0.303 e. The van der Waals surface area contributed by atoms with Crippen LogP contribution in [0.25, 0.3) is 0 Å². The van der Waals surface area contributed by atoms with Gasteiger partial charge >= 0.3 is 0 Å². The molecule has 102 valence electrons. The summed E-state index contributed by atoms with van der Waals surface area (Å²) in [5, 5.41) is 0. The van der Waals surface area contributed by atoms with Gasteiger partial charge < -0.3 is 4.90 Å². The Morgan fingerprint density at radius 1 is 1.21 bits per heavy atom. The molecule has 1 heteroatoms. The predicted molar refractivity (Wildman–Crippen MR) is 79.6 cm³/mol. The molecule has 0 spiro atoms. The standard InChI is InChI=1S/C18H25N/c1-13-6-7-14-12-17-15-5-3-4-8-18(15,16(14)11-13)9-10-19(17)2/h6-7,11,15,17H,3-5,8-10,12H2,1-2H3/t15-,17-,18-/m1/s1. The highest BCUT2D eigenvalue weighted by Gasteiger charge is 2.52. The third-order valence-corrected chi connectivity index (χ3v) is 6.27. The summed E-state index contributed by atoms with van der Waals surface area (Å²) in [6, 6.07) is 8.07. The average Bonchev–Trinajstić information content (AvgIpc) is 2.43. The van der Waals surface area contributed by atoms with Gasteiger partial charge in [0.05, 0.1) is 0 Å². The molecule has 1 heterocycles. The van der Waals surface area contributed by atoms with Gasteiger partial charge in [0.2, 0.25) is 0 Å². The van der Waals surface area contributed by atoms with E-state index in [1.54, 1.807) is 11.1 Å². The number of likely N-dealkylation sites (tertiary alicyclic amines) is 1. The summed E-state index contributed by atoms with van der Waals surface area (Å²) in [5.74, 6) is 0.925.